The molecule has 27 heavy (non-hydrogen) atoms. The summed E-state index contributed by atoms with van der Waals surface area (Å²) in [5.41, 5.74) is 2.11. The Morgan fingerprint density at radius 1 is 0.519 bits per heavy atom. The van der Waals surface area contributed by atoms with Crippen molar-refractivity contribution in [2.24, 2.45) is 0 Å². The lowest BCUT2D eigenvalue weighted by Gasteiger charge is -2.21. The van der Waals surface area contributed by atoms with E-state index in [0.29, 0.717) is 0 Å². The molecule has 0 fully saturated rings. The van der Waals surface area contributed by atoms with E-state index in [9.17, 15) is 0 Å². The van der Waals surface area contributed by atoms with Crippen molar-refractivity contribution in [3.05, 3.63) is 109 Å². The second kappa shape index (κ2) is 6.95. The van der Waals surface area contributed by atoms with Gasteiger partial charge in [-0.25, -0.2) is 4.98 Å². The molecular weight excluding hydrogens is 345 g/mol. The zero-order valence-corrected chi connectivity index (χ0v) is 15.7. The Morgan fingerprint density at radius 3 is 1.81 bits per heavy atom. The molecule has 2 heteroatoms. The highest BCUT2D eigenvalue weighted by Gasteiger charge is 2.19. The van der Waals surface area contributed by atoms with Gasteiger partial charge in [0.1, 0.15) is 0 Å². The van der Waals surface area contributed by atoms with E-state index in [1.165, 1.54) is 26.7 Å². The van der Waals surface area contributed by atoms with Crippen LogP contribution < -0.4 is 15.9 Å². The summed E-state index contributed by atoms with van der Waals surface area (Å²) in [7, 11) is -0.641. The molecular formula is C25H18NP. The Bertz CT molecular complexity index is 1180. The molecule has 0 radical (unpaired) electrons. The predicted molar refractivity (Wildman–Crippen MR) is 118 cm³/mol. The Hall–Kier alpha value is -3.02. The molecule has 0 aliphatic carbocycles. The summed E-state index contributed by atoms with van der Waals surface area (Å²) in [4.78, 5) is 4.92. The normalized spacial score (nSPS) is 11.3. The summed E-state index contributed by atoms with van der Waals surface area (Å²) in [6, 6.07) is 38.8. The third kappa shape index (κ3) is 3.01. The van der Waals surface area contributed by atoms with Crippen LogP contribution in [-0.4, -0.2) is 4.98 Å². The van der Waals surface area contributed by atoms with Crippen LogP contribution in [0.3, 0.4) is 0 Å². The van der Waals surface area contributed by atoms with Gasteiger partial charge in [0.25, 0.3) is 0 Å². The standard InChI is InChI=1S/C25H18NP/c1-3-11-20(12-4-1)27(21-13-5-2-6-14-21)25-17-9-16-24-22(25)18-19-10-7-8-15-23(19)26-24/h1-18H. The van der Waals surface area contributed by atoms with Gasteiger partial charge in [-0.2, -0.15) is 0 Å². The highest BCUT2D eigenvalue weighted by molar-refractivity contribution is 7.80. The van der Waals surface area contributed by atoms with Crippen molar-refractivity contribution in [2.45, 2.75) is 0 Å². The molecule has 4 aromatic carbocycles. The number of aromatic nitrogens is 1. The van der Waals surface area contributed by atoms with Gasteiger partial charge in [-0.1, -0.05) is 91.0 Å². The molecule has 1 aromatic heterocycles. The van der Waals surface area contributed by atoms with E-state index >= 15 is 0 Å². The summed E-state index contributed by atoms with van der Waals surface area (Å²) in [6.45, 7) is 0. The summed E-state index contributed by atoms with van der Waals surface area (Å²) in [5, 5.41) is 6.51. The molecule has 0 aliphatic heterocycles. The van der Waals surface area contributed by atoms with Crippen molar-refractivity contribution in [1.82, 2.24) is 4.98 Å². The number of rotatable bonds is 3. The topological polar surface area (TPSA) is 12.9 Å². The number of para-hydroxylation sites is 1. The van der Waals surface area contributed by atoms with Crippen LogP contribution in [0.5, 0.6) is 0 Å². The maximum atomic E-state index is 4.92. The number of fused-ring (bicyclic) bond motifs is 2. The quantitative estimate of drug-likeness (QED) is 0.319. The van der Waals surface area contributed by atoms with Crippen molar-refractivity contribution in [3.63, 3.8) is 0 Å². The van der Waals surface area contributed by atoms with Crippen LogP contribution in [0, 0.1) is 0 Å². The molecule has 128 valence electrons. The molecule has 1 heterocycles. The van der Waals surface area contributed by atoms with E-state index in [2.05, 4.69) is 103 Å². The largest absolute Gasteiger partial charge is 0.248 e. The van der Waals surface area contributed by atoms with Crippen molar-refractivity contribution in [3.8, 4) is 0 Å². The first kappa shape index (κ1) is 16.2. The van der Waals surface area contributed by atoms with Gasteiger partial charge in [-0.3, -0.25) is 0 Å². The summed E-state index contributed by atoms with van der Waals surface area (Å²) in [5.74, 6) is 0. The average Bonchev–Trinajstić information content (AvgIpc) is 2.74. The molecule has 0 aliphatic rings. The minimum Gasteiger partial charge on any atom is -0.248 e. The van der Waals surface area contributed by atoms with Crippen LogP contribution in [0.1, 0.15) is 0 Å². The fraction of sp³-hybridized carbons (Fsp3) is 0. The van der Waals surface area contributed by atoms with Gasteiger partial charge in [0.05, 0.1) is 11.0 Å². The van der Waals surface area contributed by atoms with Gasteiger partial charge in [0.15, 0.2) is 0 Å². The minimum absolute atomic E-state index is 0.641. The summed E-state index contributed by atoms with van der Waals surface area (Å²) >= 11 is 0. The maximum Gasteiger partial charge on any atom is 0.0716 e. The van der Waals surface area contributed by atoms with E-state index in [1.54, 1.807) is 0 Å². The van der Waals surface area contributed by atoms with Crippen LogP contribution in [0.2, 0.25) is 0 Å². The van der Waals surface area contributed by atoms with E-state index in [-0.39, 0.29) is 0 Å². The van der Waals surface area contributed by atoms with E-state index < -0.39 is 7.92 Å². The van der Waals surface area contributed by atoms with Crippen molar-refractivity contribution < 1.29 is 0 Å². The highest BCUT2D eigenvalue weighted by Crippen LogP contribution is 2.35. The first-order valence-corrected chi connectivity index (χ1v) is 10.4. The molecule has 0 unspecified atom stereocenters. The molecule has 0 amide bonds. The lowest BCUT2D eigenvalue weighted by atomic mass is 10.1. The van der Waals surface area contributed by atoms with Gasteiger partial charge in [-0.15, -0.1) is 0 Å². The summed E-state index contributed by atoms with van der Waals surface area (Å²) in [6.07, 6.45) is 0. The Morgan fingerprint density at radius 2 is 1.11 bits per heavy atom. The molecule has 5 rings (SSSR count). The molecule has 0 N–H and O–H groups in total. The Labute approximate surface area is 160 Å². The lowest BCUT2D eigenvalue weighted by molar-refractivity contribution is 1.50. The first-order chi connectivity index (χ1) is 13.4. The van der Waals surface area contributed by atoms with Crippen molar-refractivity contribution in [1.29, 1.82) is 0 Å². The number of hydrogen-bond acceptors (Lipinski definition) is 1. The fourth-order valence-corrected chi connectivity index (χ4v) is 6.01. The third-order valence-electron chi connectivity index (χ3n) is 4.81. The molecule has 1 nitrogen and oxygen atoms in total. The monoisotopic (exact) mass is 363 g/mol. The Balaban J connectivity index is 1.81. The number of pyridine rings is 1. The van der Waals surface area contributed by atoms with Gasteiger partial charge < -0.3 is 0 Å². The van der Waals surface area contributed by atoms with Gasteiger partial charge in [0.2, 0.25) is 0 Å². The molecule has 0 saturated carbocycles. The van der Waals surface area contributed by atoms with E-state index in [1.807, 2.05) is 6.07 Å². The first-order valence-electron chi connectivity index (χ1n) is 9.09. The van der Waals surface area contributed by atoms with Crippen molar-refractivity contribution in [2.75, 3.05) is 0 Å². The van der Waals surface area contributed by atoms with Gasteiger partial charge in [-0.05, 0) is 42.0 Å². The van der Waals surface area contributed by atoms with E-state index in [4.69, 9.17) is 4.98 Å². The molecule has 0 bridgehead atoms. The molecule has 5 aromatic rings. The molecule has 0 saturated heterocycles. The molecule has 0 spiro atoms. The highest BCUT2D eigenvalue weighted by atomic mass is 31.1. The summed E-state index contributed by atoms with van der Waals surface area (Å²) < 4.78 is 0. The van der Waals surface area contributed by atoms with Crippen LogP contribution in [0.25, 0.3) is 21.8 Å². The Kier molecular flexibility index (Phi) is 4.16. The van der Waals surface area contributed by atoms with E-state index in [0.717, 1.165) is 11.0 Å². The average molecular weight is 363 g/mol. The minimum atomic E-state index is -0.641. The van der Waals surface area contributed by atoms with Crippen molar-refractivity contribution >= 4 is 45.6 Å². The van der Waals surface area contributed by atoms with Crippen LogP contribution >= 0.6 is 7.92 Å². The van der Waals surface area contributed by atoms with Gasteiger partial charge in [0, 0.05) is 10.8 Å². The zero-order chi connectivity index (χ0) is 18.1. The van der Waals surface area contributed by atoms with Crippen LogP contribution in [0.15, 0.2) is 109 Å². The third-order valence-corrected chi connectivity index (χ3v) is 7.31. The number of nitrogens with zero attached hydrogens (tertiary/aromatic N) is 1. The molecule has 0 atom stereocenters. The predicted octanol–water partition coefficient (Wildman–Crippen LogP) is 5.15. The second-order valence-electron chi connectivity index (χ2n) is 6.53. The van der Waals surface area contributed by atoms with Crippen LogP contribution in [0.4, 0.5) is 0 Å². The zero-order valence-electron chi connectivity index (χ0n) is 14.8. The number of hydrogen-bond donors (Lipinski definition) is 0. The number of benzene rings is 4. The fourth-order valence-electron chi connectivity index (χ4n) is 3.56. The van der Waals surface area contributed by atoms with Crippen LogP contribution in [-0.2, 0) is 0 Å². The smallest absolute Gasteiger partial charge is 0.0716 e. The lowest BCUT2D eigenvalue weighted by Crippen LogP contribution is -2.21. The van der Waals surface area contributed by atoms with Gasteiger partial charge >= 0.3 is 0 Å². The maximum absolute atomic E-state index is 4.92. The SMILES string of the molecule is c1ccc(P(c2ccccc2)c2cccc3nc4ccccc4cc23)cc1. The second-order valence-corrected chi connectivity index (χ2v) is 8.72.